The zero-order valence-corrected chi connectivity index (χ0v) is 16.8. The van der Waals surface area contributed by atoms with E-state index in [2.05, 4.69) is 47.5 Å². The highest BCUT2D eigenvalue weighted by Crippen LogP contribution is 2.48. The van der Waals surface area contributed by atoms with Crippen molar-refractivity contribution in [2.45, 2.75) is 25.3 Å². The highest BCUT2D eigenvalue weighted by molar-refractivity contribution is 5.76. The number of aryl methyl sites for hydroxylation is 1. The van der Waals surface area contributed by atoms with E-state index in [4.69, 9.17) is 9.47 Å². The van der Waals surface area contributed by atoms with E-state index in [1.807, 2.05) is 17.0 Å². The molecule has 2 amide bonds. The van der Waals surface area contributed by atoms with Crippen LogP contribution in [0.5, 0.6) is 11.5 Å². The van der Waals surface area contributed by atoms with Crippen molar-refractivity contribution in [2.24, 2.45) is 0 Å². The first-order valence-corrected chi connectivity index (χ1v) is 10.4. The number of carbonyl (C=O) groups is 1. The molecule has 0 atom stereocenters. The first-order chi connectivity index (χ1) is 14.1. The maximum atomic E-state index is 13.0. The summed E-state index contributed by atoms with van der Waals surface area (Å²) in [6.07, 6.45) is 1.92. The molecule has 2 heterocycles. The number of rotatable bonds is 3. The van der Waals surface area contributed by atoms with Gasteiger partial charge < -0.3 is 24.6 Å². The summed E-state index contributed by atoms with van der Waals surface area (Å²) >= 11 is 0. The third-order valence-corrected chi connectivity index (χ3v) is 6.12. The van der Waals surface area contributed by atoms with Gasteiger partial charge in [-0.15, -0.1) is 0 Å². The van der Waals surface area contributed by atoms with E-state index < -0.39 is 0 Å². The van der Waals surface area contributed by atoms with Crippen LogP contribution in [0.1, 0.15) is 24.0 Å². The first kappa shape index (κ1) is 18.2. The van der Waals surface area contributed by atoms with Crippen LogP contribution in [0.25, 0.3) is 0 Å². The molecule has 2 aliphatic heterocycles. The standard InChI is InChI=1S/C23H27N3O3/c1-17-3-2-4-19(15-17)25-9-11-26(12-10-25)22(27)24-23(7-8-23)18-5-6-20-21(16-18)29-14-13-28-20/h2-6,15-16H,7-14H2,1H3,(H,24,27). The number of hydrogen-bond donors (Lipinski definition) is 1. The van der Waals surface area contributed by atoms with Crippen molar-refractivity contribution in [1.29, 1.82) is 0 Å². The van der Waals surface area contributed by atoms with Crippen LogP contribution in [0.15, 0.2) is 42.5 Å². The van der Waals surface area contributed by atoms with Gasteiger partial charge in [0.2, 0.25) is 0 Å². The fraction of sp³-hybridized carbons (Fsp3) is 0.435. The molecule has 1 saturated carbocycles. The van der Waals surface area contributed by atoms with Gasteiger partial charge in [0.25, 0.3) is 0 Å². The number of ether oxygens (including phenoxy) is 2. The Morgan fingerprint density at radius 3 is 2.45 bits per heavy atom. The molecule has 0 aromatic heterocycles. The van der Waals surface area contributed by atoms with Crippen molar-refractivity contribution in [3.05, 3.63) is 53.6 Å². The predicted molar refractivity (Wildman–Crippen MR) is 112 cm³/mol. The molecule has 0 unspecified atom stereocenters. The lowest BCUT2D eigenvalue weighted by atomic mass is 10.0. The Kier molecular flexibility index (Phi) is 4.49. The van der Waals surface area contributed by atoms with E-state index in [1.54, 1.807) is 0 Å². The van der Waals surface area contributed by atoms with Crippen molar-refractivity contribution in [2.75, 3.05) is 44.3 Å². The number of carbonyl (C=O) groups excluding carboxylic acids is 1. The topological polar surface area (TPSA) is 54.0 Å². The number of hydrogen-bond acceptors (Lipinski definition) is 4. The summed E-state index contributed by atoms with van der Waals surface area (Å²) < 4.78 is 11.3. The van der Waals surface area contributed by atoms with Crippen molar-refractivity contribution in [3.8, 4) is 11.5 Å². The molecule has 2 aromatic rings. The van der Waals surface area contributed by atoms with Gasteiger partial charge in [-0.1, -0.05) is 18.2 Å². The number of fused-ring (bicyclic) bond motifs is 1. The molecule has 1 N–H and O–H groups in total. The van der Waals surface area contributed by atoms with Crippen LogP contribution >= 0.6 is 0 Å². The molecule has 152 valence electrons. The van der Waals surface area contributed by atoms with Gasteiger partial charge in [0.15, 0.2) is 11.5 Å². The van der Waals surface area contributed by atoms with Crippen LogP contribution in [0.3, 0.4) is 0 Å². The monoisotopic (exact) mass is 393 g/mol. The second-order valence-corrected chi connectivity index (χ2v) is 8.18. The van der Waals surface area contributed by atoms with Crippen LogP contribution in [-0.2, 0) is 5.54 Å². The zero-order valence-electron chi connectivity index (χ0n) is 16.8. The van der Waals surface area contributed by atoms with Crippen LogP contribution in [0.2, 0.25) is 0 Å². The molecule has 6 heteroatoms. The molecule has 1 aliphatic carbocycles. The van der Waals surface area contributed by atoms with Gasteiger partial charge in [-0.25, -0.2) is 4.79 Å². The van der Waals surface area contributed by atoms with Gasteiger partial charge in [-0.2, -0.15) is 0 Å². The highest BCUT2D eigenvalue weighted by Gasteiger charge is 2.47. The number of piperazine rings is 1. The molecule has 29 heavy (non-hydrogen) atoms. The lowest BCUT2D eigenvalue weighted by molar-refractivity contribution is 0.171. The molecular formula is C23H27N3O3. The molecule has 1 saturated heterocycles. The fourth-order valence-electron chi connectivity index (χ4n) is 4.23. The Hall–Kier alpha value is -2.89. The second kappa shape index (κ2) is 7.17. The van der Waals surface area contributed by atoms with E-state index in [0.717, 1.165) is 56.1 Å². The molecular weight excluding hydrogens is 366 g/mol. The lowest BCUT2D eigenvalue weighted by Crippen LogP contribution is -2.53. The number of amides is 2. The van der Waals surface area contributed by atoms with Crippen LogP contribution in [0, 0.1) is 6.92 Å². The molecule has 2 aromatic carbocycles. The SMILES string of the molecule is Cc1cccc(N2CCN(C(=O)NC3(c4ccc5c(c4)OCCO5)CC3)CC2)c1. The minimum atomic E-state index is -0.263. The molecule has 5 rings (SSSR count). The van der Waals surface area contributed by atoms with Crippen molar-refractivity contribution >= 4 is 11.7 Å². The fourth-order valence-corrected chi connectivity index (χ4v) is 4.23. The summed E-state index contributed by atoms with van der Waals surface area (Å²) in [5, 5.41) is 3.30. The Morgan fingerprint density at radius 2 is 1.72 bits per heavy atom. The maximum Gasteiger partial charge on any atom is 0.318 e. The maximum absolute atomic E-state index is 13.0. The molecule has 3 aliphatic rings. The zero-order chi connectivity index (χ0) is 19.8. The number of nitrogens with zero attached hydrogens (tertiary/aromatic N) is 2. The van der Waals surface area contributed by atoms with Gasteiger partial charge in [-0.05, 0) is 55.2 Å². The predicted octanol–water partition coefficient (Wildman–Crippen LogP) is 3.29. The van der Waals surface area contributed by atoms with E-state index in [-0.39, 0.29) is 11.6 Å². The van der Waals surface area contributed by atoms with Crippen molar-refractivity contribution < 1.29 is 14.3 Å². The lowest BCUT2D eigenvalue weighted by Gasteiger charge is -2.37. The van der Waals surface area contributed by atoms with Gasteiger partial charge in [0, 0.05) is 31.9 Å². The van der Waals surface area contributed by atoms with E-state index in [1.165, 1.54) is 11.3 Å². The normalized spacial score (nSPS) is 19.6. The van der Waals surface area contributed by atoms with Crippen LogP contribution in [-0.4, -0.2) is 50.3 Å². The average molecular weight is 393 g/mol. The number of anilines is 1. The van der Waals surface area contributed by atoms with Gasteiger partial charge >= 0.3 is 6.03 Å². The Morgan fingerprint density at radius 1 is 0.966 bits per heavy atom. The number of urea groups is 1. The van der Waals surface area contributed by atoms with Crippen molar-refractivity contribution in [1.82, 2.24) is 10.2 Å². The van der Waals surface area contributed by atoms with Gasteiger partial charge in [0.1, 0.15) is 13.2 Å². The Labute approximate surface area is 171 Å². The Balaban J connectivity index is 1.22. The summed E-state index contributed by atoms with van der Waals surface area (Å²) in [5.74, 6) is 1.57. The molecule has 6 nitrogen and oxygen atoms in total. The minimum absolute atomic E-state index is 0.0290. The van der Waals surface area contributed by atoms with E-state index >= 15 is 0 Å². The van der Waals surface area contributed by atoms with Gasteiger partial charge in [0.05, 0.1) is 5.54 Å². The smallest absolute Gasteiger partial charge is 0.318 e. The van der Waals surface area contributed by atoms with Crippen LogP contribution < -0.4 is 19.7 Å². The summed E-state index contributed by atoms with van der Waals surface area (Å²) in [7, 11) is 0. The number of nitrogens with one attached hydrogen (secondary N) is 1. The van der Waals surface area contributed by atoms with E-state index in [9.17, 15) is 4.79 Å². The van der Waals surface area contributed by atoms with Crippen molar-refractivity contribution in [3.63, 3.8) is 0 Å². The largest absolute Gasteiger partial charge is 0.486 e. The molecule has 2 fully saturated rings. The highest BCUT2D eigenvalue weighted by atomic mass is 16.6. The summed E-state index contributed by atoms with van der Waals surface area (Å²) in [5.41, 5.74) is 3.34. The number of benzene rings is 2. The minimum Gasteiger partial charge on any atom is -0.486 e. The Bertz CT molecular complexity index is 917. The molecule has 0 radical (unpaired) electrons. The van der Waals surface area contributed by atoms with E-state index in [0.29, 0.717) is 13.2 Å². The third kappa shape index (κ3) is 3.59. The molecule has 0 bridgehead atoms. The summed E-state index contributed by atoms with van der Waals surface area (Å²) in [6.45, 7) is 6.44. The average Bonchev–Trinajstić information content (AvgIpc) is 3.54. The quantitative estimate of drug-likeness (QED) is 0.870. The molecule has 0 spiro atoms. The summed E-state index contributed by atoms with van der Waals surface area (Å²) in [4.78, 5) is 17.2. The van der Waals surface area contributed by atoms with Crippen LogP contribution in [0.4, 0.5) is 10.5 Å². The second-order valence-electron chi connectivity index (χ2n) is 8.18. The summed E-state index contributed by atoms with van der Waals surface area (Å²) in [6, 6.07) is 14.6. The van der Waals surface area contributed by atoms with Gasteiger partial charge in [-0.3, -0.25) is 0 Å². The third-order valence-electron chi connectivity index (χ3n) is 6.12. The first-order valence-electron chi connectivity index (χ1n) is 10.4.